The van der Waals surface area contributed by atoms with Crippen molar-refractivity contribution in [2.24, 2.45) is 0 Å². The van der Waals surface area contributed by atoms with Crippen molar-refractivity contribution in [3.63, 3.8) is 0 Å². The second kappa shape index (κ2) is 5.04. The molecule has 0 spiro atoms. The molecule has 0 atom stereocenters. The van der Waals surface area contributed by atoms with Crippen LogP contribution in [0.25, 0.3) is 5.57 Å². The summed E-state index contributed by atoms with van der Waals surface area (Å²) in [7, 11) is 1.62. The van der Waals surface area contributed by atoms with Gasteiger partial charge in [-0.1, -0.05) is 11.6 Å². The van der Waals surface area contributed by atoms with E-state index in [2.05, 4.69) is 20.8 Å². The van der Waals surface area contributed by atoms with E-state index in [1.54, 1.807) is 14.0 Å². The summed E-state index contributed by atoms with van der Waals surface area (Å²) in [6, 6.07) is 5.76. The lowest BCUT2D eigenvalue weighted by Crippen LogP contribution is -2.00. The summed E-state index contributed by atoms with van der Waals surface area (Å²) in [5.74, 6) is 0.808. The van der Waals surface area contributed by atoms with Crippen LogP contribution in [0.5, 0.6) is 5.75 Å². The Balaban J connectivity index is 2.56. The third kappa shape index (κ3) is 2.35. The van der Waals surface area contributed by atoms with Crippen molar-refractivity contribution < 1.29 is 9.53 Å². The number of ether oxygens (including phenoxy) is 1. The fourth-order valence-electron chi connectivity index (χ4n) is 2.58. The van der Waals surface area contributed by atoms with Gasteiger partial charge in [-0.2, -0.15) is 0 Å². The maximum atomic E-state index is 11.9. The smallest absolute Gasteiger partial charge is 0.160 e. The minimum absolute atomic E-state index is 0.0800. The van der Waals surface area contributed by atoms with Crippen LogP contribution in [0.3, 0.4) is 0 Å². The summed E-state index contributed by atoms with van der Waals surface area (Å²) in [6.45, 7) is 8.04. The zero-order valence-electron chi connectivity index (χ0n) is 12.3. The highest BCUT2D eigenvalue weighted by Crippen LogP contribution is 2.39. The lowest BCUT2D eigenvalue weighted by atomic mass is 9.93. The third-order valence-corrected chi connectivity index (χ3v) is 4.03. The average molecular weight is 256 g/mol. The number of carbonyl (C=O) groups excluding carboxylic acids is 1. The van der Waals surface area contributed by atoms with E-state index in [1.165, 1.54) is 22.3 Å². The topological polar surface area (TPSA) is 26.3 Å². The fourth-order valence-corrected chi connectivity index (χ4v) is 2.58. The molecular weight excluding hydrogens is 236 g/mol. The van der Waals surface area contributed by atoms with Gasteiger partial charge in [-0.25, -0.2) is 0 Å². The molecule has 0 aromatic heterocycles. The van der Waals surface area contributed by atoms with Crippen molar-refractivity contribution >= 4 is 11.4 Å². The van der Waals surface area contributed by atoms with Crippen molar-refractivity contribution in [1.82, 2.24) is 0 Å². The van der Waals surface area contributed by atoms with E-state index in [0.717, 1.165) is 23.3 Å². The molecule has 0 radical (unpaired) electrons. The van der Waals surface area contributed by atoms with Gasteiger partial charge in [-0.3, -0.25) is 4.79 Å². The Hall–Kier alpha value is -1.83. The number of rotatable bonds is 3. The van der Waals surface area contributed by atoms with E-state index in [-0.39, 0.29) is 5.78 Å². The molecule has 2 nitrogen and oxygen atoms in total. The van der Waals surface area contributed by atoms with Crippen molar-refractivity contribution in [3.05, 3.63) is 46.0 Å². The van der Waals surface area contributed by atoms with Crippen LogP contribution >= 0.6 is 0 Å². The summed E-state index contributed by atoms with van der Waals surface area (Å²) < 4.78 is 5.21. The van der Waals surface area contributed by atoms with Crippen LogP contribution in [0.2, 0.25) is 0 Å². The van der Waals surface area contributed by atoms with E-state index in [1.807, 2.05) is 18.2 Å². The fraction of sp³-hybridized carbons (Fsp3) is 0.353. The second-order valence-corrected chi connectivity index (χ2v) is 5.15. The normalized spacial score (nSPS) is 15.2. The van der Waals surface area contributed by atoms with Gasteiger partial charge in [0.05, 0.1) is 7.11 Å². The van der Waals surface area contributed by atoms with Crippen LogP contribution in [-0.2, 0) is 0 Å². The number of allylic oxidation sites excluding steroid dienone is 4. The van der Waals surface area contributed by atoms with Gasteiger partial charge in [0.2, 0.25) is 0 Å². The Morgan fingerprint density at radius 3 is 2.32 bits per heavy atom. The van der Waals surface area contributed by atoms with Crippen LogP contribution < -0.4 is 4.74 Å². The Morgan fingerprint density at radius 1 is 1.16 bits per heavy atom. The molecule has 0 bridgehead atoms. The number of hydrogen-bond acceptors (Lipinski definition) is 2. The molecule has 0 fully saturated rings. The summed E-state index contributed by atoms with van der Waals surface area (Å²) in [6.07, 6.45) is 0.935. The zero-order valence-corrected chi connectivity index (χ0v) is 12.3. The molecule has 2 rings (SSSR count). The first-order valence-corrected chi connectivity index (χ1v) is 6.51. The maximum Gasteiger partial charge on any atom is 0.160 e. The van der Waals surface area contributed by atoms with E-state index in [4.69, 9.17) is 4.74 Å². The van der Waals surface area contributed by atoms with Crippen molar-refractivity contribution in [3.8, 4) is 5.75 Å². The van der Waals surface area contributed by atoms with Crippen LogP contribution in [0.1, 0.15) is 50.0 Å². The van der Waals surface area contributed by atoms with Gasteiger partial charge in [0.25, 0.3) is 0 Å². The summed E-state index contributed by atoms with van der Waals surface area (Å²) in [5, 5.41) is 0. The van der Waals surface area contributed by atoms with Gasteiger partial charge in [-0.05, 0) is 68.5 Å². The molecule has 0 amide bonds. The second-order valence-electron chi connectivity index (χ2n) is 5.15. The quantitative estimate of drug-likeness (QED) is 0.749. The van der Waals surface area contributed by atoms with Gasteiger partial charge in [0.15, 0.2) is 5.78 Å². The summed E-state index contributed by atoms with van der Waals surface area (Å²) in [4.78, 5) is 11.9. The standard InChI is InChI=1S/C17H20O2/c1-10-8-16(12(3)11(10)2)15-7-6-14(19-5)9-17(15)13(4)18/h6-7,9H,8H2,1-5H3. The van der Waals surface area contributed by atoms with Gasteiger partial charge < -0.3 is 4.74 Å². The molecule has 1 aromatic carbocycles. The number of benzene rings is 1. The largest absolute Gasteiger partial charge is 0.497 e. The van der Waals surface area contributed by atoms with Crippen LogP contribution in [0, 0.1) is 0 Å². The monoisotopic (exact) mass is 256 g/mol. The Morgan fingerprint density at radius 2 is 1.84 bits per heavy atom. The lowest BCUT2D eigenvalue weighted by Gasteiger charge is -2.12. The van der Waals surface area contributed by atoms with E-state index in [9.17, 15) is 4.79 Å². The minimum atomic E-state index is 0.0800. The van der Waals surface area contributed by atoms with Crippen molar-refractivity contribution in [1.29, 1.82) is 0 Å². The number of carbonyl (C=O) groups is 1. The molecule has 0 unspecified atom stereocenters. The minimum Gasteiger partial charge on any atom is -0.497 e. The SMILES string of the molecule is COc1ccc(C2=C(C)C(C)=C(C)C2)c(C(C)=O)c1. The Kier molecular flexibility index (Phi) is 3.61. The molecule has 0 aliphatic heterocycles. The van der Waals surface area contributed by atoms with Crippen LogP contribution in [-0.4, -0.2) is 12.9 Å². The average Bonchev–Trinajstić information content (AvgIpc) is 2.65. The molecule has 0 saturated heterocycles. The molecule has 2 heteroatoms. The number of Topliss-reactive ketones (excluding diaryl/α,β-unsaturated/α-hetero) is 1. The highest BCUT2D eigenvalue weighted by Gasteiger charge is 2.20. The van der Waals surface area contributed by atoms with Gasteiger partial charge >= 0.3 is 0 Å². The van der Waals surface area contributed by atoms with E-state index in [0.29, 0.717) is 0 Å². The molecule has 0 saturated carbocycles. The first kappa shape index (κ1) is 13.6. The molecular formula is C17H20O2. The number of ketones is 1. The first-order chi connectivity index (χ1) is 8.95. The summed E-state index contributed by atoms with van der Waals surface area (Å²) in [5.41, 5.74) is 7.09. The predicted octanol–water partition coefficient (Wildman–Crippen LogP) is 4.41. The Bertz CT molecular complexity index is 604. The number of methoxy groups -OCH3 is 1. The third-order valence-electron chi connectivity index (χ3n) is 4.03. The maximum absolute atomic E-state index is 11.9. The van der Waals surface area contributed by atoms with E-state index >= 15 is 0 Å². The van der Waals surface area contributed by atoms with Gasteiger partial charge in [0, 0.05) is 5.56 Å². The highest BCUT2D eigenvalue weighted by atomic mass is 16.5. The molecule has 19 heavy (non-hydrogen) atoms. The van der Waals surface area contributed by atoms with E-state index < -0.39 is 0 Å². The van der Waals surface area contributed by atoms with Crippen LogP contribution in [0.15, 0.2) is 34.9 Å². The molecule has 0 heterocycles. The Labute approximate surface area is 114 Å². The lowest BCUT2D eigenvalue weighted by molar-refractivity contribution is 0.101. The molecule has 0 N–H and O–H groups in total. The van der Waals surface area contributed by atoms with Crippen LogP contribution in [0.4, 0.5) is 0 Å². The van der Waals surface area contributed by atoms with Gasteiger partial charge in [0.1, 0.15) is 5.75 Å². The zero-order chi connectivity index (χ0) is 14.2. The molecule has 1 aliphatic carbocycles. The molecule has 100 valence electrons. The summed E-state index contributed by atoms with van der Waals surface area (Å²) >= 11 is 0. The highest BCUT2D eigenvalue weighted by molar-refractivity contribution is 6.00. The van der Waals surface area contributed by atoms with Gasteiger partial charge in [-0.15, -0.1) is 0 Å². The molecule has 1 aromatic rings. The van der Waals surface area contributed by atoms with Crippen molar-refractivity contribution in [2.45, 2.75) is 34.1 Å². The predicted molar refractivity (Wildman–Crippen MR) is 78.6 cm³/mol. The molecule has 1 aliphatic rings. The number of hydrogen-bond donors (Lipinski definition) is 0. The first-order valence-electron chi connectivity index (χ1n) is 6.51. The van der Waals surface area contributed by atoms with Crippen molar-refractivity contribution in [2.75, 3.05) is 7.11 Å².